The van der Waals surface area contributed by atoms with Crippen LogP contribution in [0.1, 0.15) is 49.4 Å². The van der Waals surface area contributed by atoms with Crippen LogP contribution in [0.4, 0.5) is 0 Å². The third kappa shape index (κ3) is 3.10. The topological polar surface area (TPSA) is 42.0 Å². The largest absolute Gasteiger partial charge is 0.351 e. The van der Waals surface area contributed by atoms with Crippen molar-refractivity contribution in [2.75, 3.05) is 6.54 Å². The van der Waals surface area contributed by atoms with E-state index in [1.807, 2.05) is 0 Å². The second kappa shape index (κ2) is 5.83. The first-order valence-electron chi connectivity index (χ1n) is 6.54. The first kappa shape index (κ1) is 13.5. The van der Waals surface area contributed by atoms with Gasteiger partial charge < -0.3 is 5.32 Å². The van der Waals surface area contributed by atoms with Gasteiger partial charge in [0.1, 0.15) is 0 Å². The van der Waals surface area contributed by atoms with Crippen LogP contribution in [0.3, 0.4) is 0 Å². The summed E-state index contributed by atoms with van der Waals surface area (Å²) >= 11 is 3.33. The van der Waals surface area contributed by atoms with E-state index in [0.717, 1.165) is 17.4 Å². The van der Waals surface area contributed by atoms with E-state index >= 15 is 0 Å². The molecule has 1 saturated carbocycles. The number of halogens is 1. The maximum atomic E-state index is 12.0. The number of nitrogens with one attached hydrogen (secondary N) is 1. The molecule has 0 aromatic carbocycles. The number of carbonyl (C=O) groups excluding carboxylic acids is 1. The van der Waals surface area contributed by atoms with Gasteiger partial charge >= 0.3 is 0 Å². The van der Waals surface area contributed by atoms with Gasteiger partial charge in [0.05, 0.1) is 5.56 Å². The van der Waals surface area contributed by atoms with E-state index in [-0.39, 0.29) is 5.91 Å². The Morgan fingerprint density at radius 1 is 1.44 bits per heavy atom. The SMILES string of the molecule is CCC1(CNC(=O)c2cncc(Br)c2)CCCC1. The molecule has 0 atom stereocenters. The molecule has 0 bridgehead atoms. The van der Waals surface area contributed by atoms with Crippen molar-refractivity contribution in [3.8, 4) is 0 Å². The number of pyridine rings is 1. The van der Waals surface area contributed by atoms with Crippen LogP contribution in [0, 0.1) is 5.41 Å². The number of rotatable bonds is 4. The van der Waals surface area contributed by atoms with E-state index in [2.05, 4.69) is 33.2 Å². The van der Waals surface area contributed by atoms with Gasteiger partial charge in [-0.05, 0) is 46.7 Å². The van der Waals surface area contributed by atoms with Gasteiger partial charge in [0, 0.05) is 23.4 Å². The molecule has 18 heavy (non-hydrogen) atoms. The van der Waals surface area contributed by atoms with Gasteiger partial charge in [-0.1, -0.05) is 19.8 Å². The number of amides is 1. The number of hydrogen-bond acceptors (Lipinski definition) is 2. The molecule has 1 aromatic rings. The molecule has 1 aromatic heterocycles. The highest BCUT2D eigenvalue weighted by atomic mass is 79.9. The first-order chi connectivity index (χ1) is 8.65. The van der Waals surface area contributed by atoms with E-state index in [0.29, 0.717) is 11.0 Å². The molecule has 0 radical (unpaired) electrons. The molecule has 0 saturated heterocycles. The number of nitrogens with zero attached hydrogens (tertiary/aromatic N) is 1. The summed E-state index contributed by atoms with van der Waals surface area (Å²) in [7, 11) is 0. The van der Waals surface area contributed by atoms with Crippen LogP contribution in [0.2, 0.25) is 0 Å². The molecule has 1 amide bonds. The van der Waals surface area contributed by atoms with Crippen LogP contribution in [0.5, 0.6) is 0 Å². The van der Waals surface area contributed by atoms with Gasteiger partial charge in [-0.15, -0.1) is 0 Å². The van der Waals surface area contributed by atoms with E-state index in [9.17, 15) is 4.79 Å². The average molecular weight is 311 g/mol. The molecule has 1 aliphatic rings. The standard InChI is InChI=1S/C14H19BrN2O/c1-2-14(5-3-4-6-14)10-17-13(18)11-7-12(15)9-16-8-11/h7-9H,2-6,10H2,1H3,(H,17,18). The lowest BCUT2D eigenvalue weighted by molar-refractivity contribution is 0.0928. The summed E-state index contributed by atoms with van der Waals surface area (Å²) in [6.45, 7) is 3.01. The van der Waals surface area contributed by atoms with Crippen LogP contribution < -0.4 is 5.32 Å². The predicted octanol–water partition coefficient (Wildman–Crippen LogP) is 3.54. The van der Waals surface area contributed by atoms with Crippen molar-refractivity contribution in [2.45, 2.75) is 39.0 Å². The number of carbonyl (C=O) groups is 1. The van der Waals surface area contributed by atoms with Crippen molar-refractivity contribution in [3.63, 3.8) is 0 Å². The van der Waals surface area contributed by atoms with Crippen LogP contribution in [0.15, 0.2) is 22.9 Å². The summed E-state index contributed by atoms with van der Waals surface area (Å²) in [5, 5.41) is 3.06. The highest BCUT2D eigenvalue weighted by Gasteiger charge is 2.32. The Bertz CT molecular complexity index is 428. The zero-order valence-electron chi connectivity index (χ0n) is 10.7. The minimum Gasteiger partial charge on any atom is -0.351 e. The Morgan fingerprint density at radius 3 is 2.78 bits per heavy atom. The lowest BCUT2D eigenvalue weighted by atomic mass is 9.83. The molecule has 1 heterocycles. The summed E-state index contributed by atoms with van der Waals surface area (Å²) in [5.74, 6) is -0.0245. The zero-order chi connectivity index (χ0) is 13.0. The molecular formula is C14H19BrN2O. The van der Waals surface area contributed by atoms with E-state index in [4.69, 9.17) is 0 Å². The summed E-state index contributed by atoms with van der Waals surface area (Å²) in [5.41, 5.74) is 0.948. The molecule has 3 nitrogen and oxygen atoms in total. The maximum absolute atomic E-state index is 12.0. The van der Waals surface area contributed by atoms with Gasteiger partial charge in [-0.2, -0.15) is 0 Å². The van der Waals surface area contributed by atoms with Gasteiger partial charge in [0.2, 0.25) is 0 Å². The van der Waals surface area contributed by atoms with Gasteiger partial charge in [-0.25, -0.2) is 0 Å². The quantitative estimate of drug-likeness (QED) is 0.924. The number of aromatic nitrogens is 1. The fourth-order valence-corrected chi connectivity index (χ4v) is 3.05. The molecule has 1 N–H and O–H groups in total. The Hall–Kier alpha value is -0.900. The van der Waals surface area contributed by atoms with Crippen molar-refractivity contribution < 1.29 is 4.79 Å². The fourth-order valence-electron chi connectivity index (χ4n) is 2.69. The van der Waals surface area contributed by atoms with E-state index in [1.54, 1.807) is 18.5 Å². The minimum atomic E-state index is -0.0245. The average Bonchev–Trinajstić information content (AvgIpc) is 2.85. The molecule has 2 rings (SSSR count). The van der Waals surface area contributed by atoms with Crippen molar-refractivity contribution in [2.24, 2.45) is 5.41 Å². The van der Waals surface area contributed by atoms with Gasteiger partial charge in [0.25, 0.3) is 5.91 Å². The van der Waals surface area contributed by atoms with Crippen molar-refractivity contribution in [1.29, 1.82) is 0 Å². The Labute approximate surface area is 117 Å². The molecule has 98 valence electrons. The highest BCUT2D eigenvalue weighted by molar-refractivity contribution is 9.10. The second-order valence-electron chi connectivity index (χ2n) is 5.14. The monoisotopic (exact) mass is 310 g/mol. The van der Waals surface area contributed by atoms with Gasteiger partial charge in [0.15, 0.2) is 0 Å². The van der Waals surface area contributed by atoms with Crippen molar-refractivity contribution in [3.05, 3.63) is 28.5 Å². The lowest BCUT2D eigenvalue weighted by Crippen LogP contribution is -2.35. The molecule has 0 spiro atoms. The molecule has 0 aliphatic heterocycles. The summed E-state index contributed by atoms with van der Waals surface area (Å²) in [4.78, 5) is 16.1. The molecule has 4 heteroatoms. The van der Waals surface area contributed by atoms with Crippen LogP contribution in [-0.4, -0.2) is 17.4 Å². The Kier molecular flexibility index (Phi) is 4.38. The zero-order valence-corrected chi connectivity index (χ0v) is 12.3. The van der Waals surface area contributed by atoms with Crippen molar-refractivity contribution >= 4 is 21.8 Å². The Morgan fingerprint density at radius 2 is 2.17 bits per heavy atom. The van der Waals surface area contributed by atoms with Gasteiger partial charge in [-0.3, -0.25) is 9.78 Å². The minimum absolute atomic E-state index is 0.0245. The highest BCUT2D eigenvalue weighted by Crippen LogP contribution is 2.40. The lowest BCUT2D eigenvalue weighted by Gasteiger charge is -2.27. The van der Waals surface area contributed by atoms with Crippen LogP contribution in [0.25, 0.3) is 0 Å². The third-order valence-corrected chi connectivity index (χ3v) is 4.44. The van der Waals surface area contributed by atoms with E-state index < -0.39 is 0 Å². The third-order valence-electron chi connectivity index (χ3n) is 4.01. The van der Waals surface area contributed by atoms with Crippen LogP contribution in [-0.2, 0) is 0 Å². The smallest absolute Gasteiger partial charge is 0.252 e. The molecular weight excluding hydrogens is 292 g/mol. The summed E-state index contributed by atoms with van der Waals surface area (Å²) in [6, 6.07) is 1.80. The number of hydrogen-bond donors (Lipinski definition) is 1. The Balaban J connectivity index is 1.96. The fraction of sp³-hybridized carbons (Fsp3) is 0.571. The molecule has 0 unspecified atom stereocenters. The summed E-state index contributed by atoms with van der Waals surface area (Å²) in [6.07, 6.45) is 9.49. The maximum Gasteiger partial charge on any atom is 0.252 e. The first-order valence-corrected chi connectivity index (χ1v) is 7.33. The molecule has 1 fully saturated rings. The summed E-state index contributed by atoms with van der Waals surface area (Å²) < 4.78 is 0.834. The van der Waals surface area contributed by atoms with E-state index in [1.165, 1.54) is 25.7 Å². The predicted molar refractivity (Wildman–Crippen MR) is 75.5 cm³/mol. The van der Waals surface area contributed by atoms with Crippen molar-refractivity contribution in [1.82, 2.24) is 10.3 Å². The van der Waals surface area contributed by atoms with Crippen LogP contribution >= 0.6 is 15.9 Å². The normalized spacial score (nSPS) is 17.7. The second-order valence-corrected chi connectivity index (χ2v) is 6.05. The molecule has 1 aliphatic carbocycles.